The van der Waals surface area contributed by atoms with Crippen LogP contribution in [0.15, 0.2) is 47.7 Å². The van der Waals surface area contributed by atoms with E-state index in [4.69, 9.17) is 5.73 Å². The molecule has 1 aliphatic rings. The van der Waals surface area contributed by atoms with Gasteiger partial charge in [0, 0.05) is 43.1 Å². The third kappa shape index (κ3) is 4.55. The summed E-state index contributed by atoms with van der Waals surface area (Å²) in [6.07, 6.45) is 7.11. The fourth-order valence-electron chi connectivity index (χ4n) is 3.78. The van der Waals surface area contributed by atoms with E-state index in [1.54, 1.807) is 29.2 Å². The van der Waals surface area contributed by atoms with E-state index >= 15 is 0 Å². The Morgan fingerprint density at radius 3 is 2.84 bits per heavy atom. The number of aryl methyl sites for hydroxylation is 2. The Labute approximate surface area is 179 Å². The number of fused-ring (bicyclic) bond motifs is 1. The number of aromatic nitrogens is 4. The molecule has 0 aromatic carbocycles. The van der Waals surface area contributed by atoms with Crippen LogP contribution < -0.4 is 21.9 Å². The molecule has 9 nitrogen and oxygen atoms in total. The predicted molar refractivity (Wildman–Crippen MR) is 118 cm³/mol. The second-order valence-electron chi connectivity index (χ2n) is 7.56. The van der Waals surface area contributed by atoms with Crippen LogP contribution in [0.5, 0.6) is 0 Å². The van der Waals surface area contributed by atoms with Gasteiger partial charge in [0.1, 0.15) is 11.9 Å². The fourth-order valence-corrected chi connectivity index (χ4v) is 3.78. The minimum Gasteiger partial charge on any atom is -0.384 e. The van der Waals surface area contributed by atoms with E-state index < -0.39 is 6.04 Å². The largest absolute Gasteiger partial charge is 0.384 e. The highest BCUT2D eigenvalue weighted by Crippen LogP contribution is 2.24. The maximum Gasteiger partial charge on any atom is 0.294 e. The standard InChI is InChI=1S/C22H25N7O2/c1-14-16(2-5-19(23)28-14)12-27-21(30)18-4-3-17-13-26-20(22(31)29(17)18)25-11-8-15-6-9-24-10-7-15/h2,5-7,9-10,13,18H,3-4,8,11-12H2,1H3,(H2,23,28)(H,25,26)(H,27,30). The molecule has 0 radical (unpaired) electrons. The SMILES string of the molecule is Cc1nc(N)ccc1CNC(=O)C1CCc2cnc(NCCc3ccncc3)c(=O)n21. The van der Waals surface area contributed by atoms with Crippen molar-refractivity contribution < 1.29 is 4.79 Å². The van der Waals surface area contributed by atoms with Gasteiger partial charge in [-0.25, -0.2) is 9.97 Å². The van der Waals surface area contributed by atoms with Gasteiger partial charge >= 0.3 is 0 Å². The number of amides is 1. The van der Waals surface area contributed by atoms with Gasteiger partial charge in [-0.2, -0.15) is 0 Å². The Balaban J connectivity index is 1.43. The molecule has 31 heavy (non-hydrogen) atoms. The lowest BCUT2D eigenvalue weighted by atomic mass is 10.1. The van der Waals surface area contributed by atoms with E-state index in [9.17, 15) is 9.59 Å². The molecular formula is C22H25N7O2. The summed E-state index contributed by atoms with van der Waals surface area (Å²) < 4.78 is 1.56. The number of nitrogens with zero attached hydrogens (tertiary/aromatic N) is 4. The molecule has 0 fully saturated rings. The maximum atomic E-state index is 13.0. The van der Waals surface area contributed by atoms with Crippen molar-refractivity contribution in [1.82, 2.24) is 24.8 Å². The van der Waals surface area contributed by atoms with Crippen LogP contribution >= 0.6 is 0 Å². The molecular weight excluding hydrogens is 394 g/mol. The van der Waals surface area contributed by atoms with Crippen molar-refractivity contribution in [2.75, 3.05) is 17.6 Å². The number of nitrogens with two attached hydrogens (primary N) is 1. The molecule has 1 unspecified atom stereocenters. The van der Waals surface area contributed by atoms with Crippen molar-refractivity contribution in [2.45, 2.75) is 38.8 Å². The van der Waals surface area contributed by atoms with Crippen LogP contribution in [-0.2, 0) is 24.2 Å². The van der Waals surface area contributed by atoms with Gasteiger partial charge in [-0.15, -0.1) is 0 Å². The Morgan fingerprint density at radius 2 is 2.06 bits per heavy atom. The summed E-state index contributed by atoms with van der Waals surface area (Å²) in [7, 11) is 0. The van der Waals surface area contributed by atoms with Crippen molar-refractivity contribution in [3.8, 4) is 0 Å². The highest BCUT2D eigenvalue weighted by atomic mass is 16.2. The lowest BCUT2D eigenvalue weighted by Gasteiger charge is -2.16. The highest BCUT2D eigenvalue weighted by Gasteiger charge is 2.30. The Bertz CT molecular complexity index is 1140. The van der Waals surface area contributed by atoms with E-state index in [1.807, 2.05) is 25.1 Å². The lowest BCUT2D eigenvalue weighted by Crippen LogP contribution is -2.36. The summed E-state index contributed by atoms with van der Waals surface area (Å²) in [6.45, 7) is 2.75. The molecule has 3 aromatic rings. The van der Waals surface area contributed by atoms with Gasteiger partial charge in [0.2, 0.25) is 5.91 Å². The molecule has 0 saturated heterocycles. The molecule has 0 saturated carbocycles. The number of hydrogen-bond donors (Lipinski definition) is 3. The molecule has 3 aromatic heterocycles. The predicted octanol–water partition coefficient (Wildman–Crippen LogP) is 1.38. The minimum absolute atomic E-state index is 0.189. The molecule has 9 heteroatoms. The van der Waals surface area contributed by atoms with Crippen LogP contribution in [0.3, 0.4) is 0 Å². The highest BCUT2D eigenvalue weighted by molar-refractivity contribution is 5.81. The van der Waals surface area contributed by atoms with E-state index in [1.165, 1.54) is 0 Å². The number of nitrogen functional groups attached to an aromatic ring is 1. The zero-order valence-electron chi connectivity index (χ0n) is 17.3. The maximum absolute atomic E-state index is 13.0. The van der Waals surface area contributed by atoms with Gasteiger partial charge < -0.3 is 16.4 Å². The quantitative estimate of drug-likeness (QED) is 0.528. The molecule has 1 amide bonds. The zero-order chi connectivity index (χ0) is 21.8. The average Bonchev–Trinajstić information content (AvgIpc) is 3.20. The molecule has 1 atom stereocenters. The van der Waals surface area contributed by atoms with E-state index in [0.29, 0.717) is 31.7 Å². The number of pyridine rings is 2. The van der Waals surface area contributed by atoms with Gasteiger partial charge in [-0.05, 0) is 55.5 Å². The van der Waals surface area contributed by atoms with Gasteiger partial charge in [-0.1, -0.05) is 6.07 Å². The van der Waals surface area contributed by atoms with Crippen LogP contribution in [-0.4, -0.2) is 32.0 Å². The van der Waals surface area contributed by atoms with Crippen LogP contribution in [0.25, 0.3) is 0 Å². The van der Waals surface area contributed by atoms with Gasteiger partial charge in [-0.3, -0.25) is 19.1 Å². The number of rotatable bonds is 7. The Hall–Kier alpha value is -3.75. The Kier molecular flexibility index (Phi) is 5.92. The first kappa shape index (κ1) is 20.5. The summed E-state index contributed by atoms with van der Waals surface area (Å²) in [5.41, 5.74) is 8.97. The number of carbonyl (C=O) groups excluding carboxylic acids is 1. The van der Waals surface area contributed by atoms with E-state index in [-0.39, 0.29) is 17.3 Å². The van der Waals surface area contributed by atoms with E-state index in [0.717, 1.165) is 28.9 Å². The van der Waals surface area contributed by atoms with Crippen LogP contribution in [0.4, 0.5) is 11.6 Å². The molecule has 4 N–H and O–H groups in total. The van der Waals surface area contributed by atoms with Gasteiger partial charge in [0.15, 0.2) is 5.82 Å². The summed E-state index contributed by atoms with van der Waals surface area (Å²) in [6, 6.07) is 6.88. The van der Waals surface area contributed by atoms with Crippen LogP contribution in [0, 0.1) is 6.92 Å². The average molecular weight is 419 g/mol. The van der Waals surface area contributed by atoms with Crippen molar-refractivity contribution in [1.29, 1.82) is 0 Å². The summed E-state index contributed by atoms with van der Waals surface area (Å²) in [5.74, 6) is 0.516. The monoisotopic (exact) mass is 419 g/mol. The van der Waals surface area contributed by atoms with Crippen molar-refractivity contribution in [3.05, 3.63) is 75.7 Å². The second kappa shape index (κ2) is 8.95. The zero-order valence-corrected chi connectivity index (χ0v) is 17.3. The van der Waals surface area contributed by atoms with Gasteiger partial charge in [0.05, 0.1) is 0 Å². The number of carbonyl (C=O) groups is 1. The fraction of sp³-hybridized carbons (Fsp3) is 0.318. The van der Waals surface area contributed by atoms with Crippen molar-refractivity contribution >= 4 is 17.5 Å². The molecule has 0 spiro atoms. The molecule has 0 bridgehead atoms. The lowest BCUT2D eigenvalue weighted by molar-refractivity contribution is -0.124. The second-order valence-corrected chi connectivity index (χ2v) is 7.56. The smallest absolute Gasteiger partial charge is 0.294 e. The normalized spacial score (nSPS) is 14.8. The molecule has 160 valence electrons. The first-order valence-corrected chi connectivity index (χ1v) is 10.3. The molecule has 0 aliphatic carbocycles. The molecule has 1 aliphatic heterocycles. The number of anilines is 2. The molecule has 4 rings (SSSR count). The number of hydrogen-bond acceptors (Lipinski definition) is 7. The third-order valence-corrected chi connectivity index (χ3v) is 5.49. The summed E-state index contributed by atoms with van der Waals surface area (Å²) >= 11 is 0. The first-order chi connectivity index (χ1) is 15.0. The van der Waals surface area contributed by atoms with Crippen LogP contribution in [0.1, 0.15) is 35.0 Å². The molecule has 4 heterocycles. The topological polar surface area (TPSA) is 128 Å². The van der Waals surface area contributed by atoms with E-state index in [2.05, 4.69) is 25.6 Å². The summed E-state index contributed by atoms with van der Waals surface area (Å²) in [4.78, 5) is 38.4. The van der Waals surface area contributed by atoms with Crippen molar-refractivity contribution in [2.24, 2.45) is 0 Å². The Morgan fingerprint density at radius 1 is 1.26 bits per heavy atom. The first-order valence-electron chi connectivity index (χ1n) is 10.3. The van der Waals surface area contributed by atoms with Crippen molar-refractivity contribution in [3.63, 3.8) is 0 Å². The van der Waals surface area contributed by atoms with Crippen LogP contribution in [0.2, 0.25) is 0 Å². The number of nitrogens with one attached hydrogen (secondary N) is 2. The summed E-state index contributed by atoms with van der Waals surface area (Å²) in [5, 5.41) is 6.03. The van der Waals surface area contributed by atoms with Gasteiger partial charge in [0.25, 0.3) is 5.56 Å². The third-order valence-electron chi connectivity index (χ3n) is 5.49. The minimum atomic E-state index is -0.548.